The summed E-state index contributed by atoms with van der Waals surface area (Å²) in [6.07, 6.45) is 1.11. The molecule has 0 aromatic heterocycles. The number of amides is 2. The Morgan fingerprint density at radius 2 is 2.00 bits per heavy atom. The van der Waals surface area contributed by atoms with Crippen molar-refractivity contribution in [3.05, 3.63) is 59.4 Å². The number of nitrogens with zero attached hydrogens (tertiary/aromatic N) is 1. The average Bonchev–Trinajstić information content (AvgIpc) is 2.76. The molecule has 0 unspecified atom stereocenters. The lowest BCUT2D eigenvalue weighted by atomic mass is 10.00. The van der Waals surface area contributed by atoms with Gasteiger partial charge in [-0.3, -0.25) is 9.59 Å². The van der Waals surface area contributed by atoms with Gasteiger partial charge < -0.3 is 20.3 Å². The summed E-state index contributed by atoms with van der Waals surface area (Å²) >= 11 is 0. The third kappa shape index (κ3) is 5.59. The van der Waals surface area contributed by atoms with Crippen LogP contribution in [0.5, 0.6) is 0 Å². The van der Waals surface area contributed by atoms with Crippen molar-refractivity contribution in [3.8, 4) is 0 Å². The van der Waals surface area contributed by atoms with Crippen molar-refractivity contribution >= 4 is 29.2 Å². The van der Waals surface area contributed by atoms with Crippen molar-refractivity contribution in [1.29, 1.82) is 0 Å². The molecule has 0 radical (unpaired) electrons. The summed E-state index contributed by atoms with van der Waals surface area (Å²) in [4.78, 5) is 38.2. The first kappa shape index (κ1) is 22.3. The van der Waals surface area contributed by atoms with Crippen LogP contribution in [0.15, 0.2) is 42.5 Å². The maximum atomic E-state index is 13.3. The van der Waals surface area contributed by atoms with Gasteiger partial charge >= 0.3 is 5.97 Å². The molecular weight excluding hydrogens is 401 g/mol. The fraction of sp³-hybridized carbons (Fsp3) is 0.348. The summed E-state index contributed by atoms with van der Waals surface area (Å²) in [6.45, 7) is 4.84. The van der Waals surface area contributed by atoms with Crippen LogP contribution in [0.25, 0.3) is 0 Å². The van der Waals surface area contributed by atoms with E-state index in [0.29, 0.717) is 25.9 Å². The highest BCUT2D eigenvalue weighted by Gasteiger charge is 2.21. The molecule has 8 heteroatoms. The monoisotopic (exact) mass is 427 g/mol. The van der Waals surface area contributed by atoms with Gasteiger partial charge in [0.05, 0.1) is 6.54 Å². The van der Waals surface area contributed by atoms with E-state index in [9.17, 15) is 18.8 Å². The number of ether oxygens (including phenoxy) is 1. The Morgan fingerprint density at radius 3 is 2.74 bits per heavy atom. The van der Waals surface area contributed by atoms with Gasteiger partial charge in [-0.25, -0.2) is 9.18 Å². The SMILES string of the molecule is CCN(CCOC(=O)[C@H](C)NC(=O)c1cccc(F)c1)c1cccc2c1CCC(=O)N2. The Labute approximate surface area is 180 Å². The topological polar surface area (TPSA) is 87.7 Å². The van der Waals surface area contributed by atoms with Gasteiger partial charge in [0, 0.05) is 29.9 Å². The van der Waals surface area contributed by atoms with E-state index < -0.39 is 23.7 Å². The highest BCUT2D eigenvalue weighted by atomic mass is 19.1. The van der Waals surface area contributed by atoms with Crippen LogP contribution in [0.3, 0.4) is 0 Å². The summed E-state index contributed by atoms with van der Waals surface area (Å²) in [5, 5.41) is 5.41. The molecule has 164 valence electrons. The second-order valence-electron chi connectivity index (χ2n) is 7.30. The zero-order valence-corrected chi connectivity index (χ0v) is 17.6. The van der Waals surface area contributed by atoms with Gasteiger partial charge in [-0.15, -0.1) is 0 Å². The summed E-state index contributed by atoms with van der Waals surface area (Å²) in [6, 6.07) is 10.1. The van der Waals surface area contributed by atoms with Crippen LogP contribution in [-0.4, -0.2) is 43.5 Å². The standard InChI is InChI=1S/C23H26FN3O4/c1-3-27(20-9-5-8-19-18(20)10-11-21(28)26-19)12-13-31-23(30)15(2)25-22(29)16-6-4-7-17(24)14-16/h4-9,14-15H,3,10-13H2,1-2H3,(H,25,29)(H,26,28)/t15-/m0/s1. The molecule has 1 atom stereocenters. The zero-order chi connectivity index (χ0) is 22.4. The largest absolute Gasteiger partial charge is 0.462 e. The second kappa shape index (κ2) is 10.1. The van der Waals surface area contributed by atoms with Crippen LogP contribution < -0.4 is 15.5 Å². The predicted molar refractivity (Wildman–Crippen MR) is 116 cm³/mol. The molecule has 1 heterocycles. The Hall–Kier alpha value is -3.42. The number of fused-ring (bicyclic) bond motifs is 1. The lowest BCUT2D eigenvalue weighted by molar-refractivity contribution is -0.145. The van der Waals surface area contributed by atoms with E-state index >= 15 is 0 Å². The molecule has 3 rings (SSSR count). The number of likely N-dealkylation sites (N-methyl/N-ethyl adjacent to an activating group) is 1. The summed E-state index contributed by atoms with van der Waals surface area (Å²) in [5.74, 6) is -1.62. The lowest BCUT2D eigenvalue weighted by Gasteiger charge is -2.29. The first-order chi connectivity index (χ1) is 14.9. The molecule has 0 fully saturated rings. The highest BCUT2D eigenvalue weighted by Crippen LogP contribution is 2.31. The number of carbonyl (C=O) groups is 3. The minimum Gasteiger partial charge on any atom is -0.462 e. The van der Waals surface area contributed by atoms with Crippen molar-refractivity contribution in [2.24, 2.45) is 0 Å². The van der Waals surface area contributed by atoms with E-state index in [1.807, 2.05) is 25.1 Å². The van der Waals surface area contributed by atoms with Crippen molar-refractivity contribution < 1.29 is 23.5 Å². The minimum absolute atomic E-state index is 0.0101. The van der Waals surface area contributed by atoms with Gasteiger partial charge in [0.2, 0.25) is 5.91 Å². The van der Waals surface area contributed by atoms with Crippen molar-refractivity contribution in [1.82, 2.24) is 5.32 Å². The summed E-state index contributed by atoms with van der Waals surface area (Å²) in [5.41, 5.74) is 3.03. The highest BCUT2D eigenvalue weighted by molar-refractivity contribution is 5.97. The molecule has 0 aliphatic carbocycles. The zero-order valence-electron chi connectivity index (χ0n) is 17.6. The molecular formula is C23H26FN3O4. The lowest BCUT2D eigenvalue weighted by Crippen LogP contribution is -2.40. The maximum Gasteiger partial charge on any atom is 0.328 e. The summed E-state index contributed by atoms with van der Waals surface area (Å²) < 4.78 is 18.6. The van der Waals surface area contributed by atoms with E-state index in [0.717, 1.165) is 23.0 Å². The summed E-state index contributed by atoms with van der Waals surface area (Å²) in [7, 11) is 0. The fourth-order valence-electron chi connectivity index (χ4n) is 3.50. The van der Waals surface area contributed by atoms with E-state index in [4.69, 9.17) is 4.74 Å². The molecule has 7 nitrogen and oxygen atoms in total. The number of benzene rings is 2. The number of hydrogen-bond acceptors (Lipinski definition) is 5. The number of halogens is 1. The normalized spacial score (nSPS) is 13.6. The average molecular weight is 427 g/mol. The van der Waals surface area contributed by atoms with Crippen LogP contribution in [-0.2, 0) is 20.7 Å². The van der Waals surface area contributed by atoms with Crippen molar-refractivity contribution in [3.63, 3.8) is 0 Å². The molecule has 2 aromatic rings. The quantitative estimate of drug-likeness (QED) is 0.633. The maximum absolute atomic E-state index is 13.3. The second-order valence-corrected chi connectivity index (χ2v) is 7.30. The number of carbonyl (C=O) groups excluding carboxylic acids is 3. The Kier molecular flexibility index (Phi) is 7.23. The number of hydrogen-bond donors (Lipinski definition) is 2. The number of anilines is 2. The first-order valence-corrected chi connectivity index (χ1v) is 10.3. The van der Waals surface area contributed by atoms with Gasteiger partial charge in [-0.1, -0.05) is 12.1 Å². The third-order valence-electron chi connectivity index (χ3n) is 5.14. The van der Waals surface area contributed by atoms with Crippen molar-refractivity contribution in [2.75, 3.05) is 29.9 Å². The molecule has 2 aromatic carbocycles. The number of rotatable bonds is 8. The van der Waals surface area contributed by atoms with Crippen LogP contribution in [0, 0.1) is 5.82 Å². The third-order valence-corrected chi connectivity index (χ3v) is 5.14. The van der Waals surface area contributed by atoms with Gasteiger partial charge in [0.15, 0.2) is 0 Å². The van der Waals surface area contributed by atoms with Crippen LogP contribution in [0.1, 0.15) is 36.2 Å². The first-order valence-electron chi connectivity index (χ1n) is 10.3. The van der Waals surface area contributed by atoms with Crippen LogP contribution >= 0.6 is 0 Å². The Morgan fingerprint density at radius 1 is 1.23 bits per heavy atom. The van der Waals surface area contributed by atoms with Crippen LogP contribution in [0.4, 0.5) is 15.8 Å². The number of nitrogens with one attached hydrogen (secondary N) is 2. The smallest absolute Gasteiger partial charge is 0.328 e. The Balaban J connectivity index is 1.54. The van der Waals surface area contributed by atoms with E-state index in [2.05, 4.69) is 15.5 Å². The van der Waals surface area contributed by atoms with Gasteiger partial charge in [-0.2, -0.15) is 0 Å². The van der Waals surface area contributed by atoms with Crippen molar-refractivity contribution in [2.45, 2.75) is 32.7 Å². The fourth-order valence-corrected chi connectivity index (χ4v) is 3.50. The molecule has 0 bridgehead atoms. The van der Waals surface area contributed by atoms with E-state index in [-0.39, 0.29) is 18.1 Å². The molecule has 1 aliphatic rings. The molecule has 2 N–H and O–H groups in total. The van der Waals surface area contributed by atoms with Gasteiger partial charge in [0.25, 0.3) is 5.91 Å². The molecule has 0 saturated carbocycles. The van der Waals surface area contributed by atoms with E-state index in [1.54, 1.807) is 0 Å². The van der Waals surface area contributed by atoms with Gasteiger partial charge in [-0.05, 0) is 56.2 Å². The Bertz CT molecular complexity index is 979. The van der Waals surface area contributed by atoms with E-state index in [1.165, 1.54) is 25.1 Å². The molecule has 0 spiro atoms. The molecule has 1 aliphatic heterocycles. The minimum atomic E-state index is -0.870. The molecule has 0 saturated heterocycles. The van der Waals surface area contributed by atoms with Crippen LogP contribution in [0.2, 0.25) is 0 Å². The molecule has 2 amide bonds. The molecule has 31 heavy (non-hydrogen) atoms. The number of esters is 1. The predicted octanol–water partition coefficient (Wildman–Crippen LogP) is 2.90. The van der Waals surface area contributed by atoms with Gasteiger partial charge in [0.1, 0.15) is 18.5 Å².